The van der Waals surface area contributed by atoms with Gasteiger partial charge < -0.3 is 10.6 Å². The molecule has 4 atom stereocenters. The molecule has 2 aliphatic heterocycles. The molecule has 0 aromatic heterocycles. The van der Waals surface area contributed by atoms with Crippen molar-refractivity contribution in [2.24, 2.45) is 23.5 Å². The third-order valence-corrected chi connectivity index (χ3v) is 4.02. The molecule has 1 saturated carbocycles. The summed E-state index contributed by atoms with van der Waals surface area (Å²) in [7, 11) is 0. The number of nitrogens with zero attached hydrogens (tertiary/aromatic N) is 1. The fraction of sp³-hybridized carbons (Fsp3) is 0.900. The first-order chi connectivity index (χ1) is 6.31. The Balaban J connectivity index is 1.77. The lowest BCUT2D eigenvalue weighted by Crippen LogP contribution is -2.44. The zero-order valence-electron chi connectivity index (χ0n) is 7.78. The number of fused-ring (bicyclic) bond motifs is 3. The molecule has 0 aromatic rings. The Morgan fingerprint density at radius 2 is 2.31 bits per heavy atom. The van der Waals surface area contributed by atoms with Gasteiger partial charge in [0, 0.05) is 18.5 Å². The predicted octanol–water partition coefficient (Wildman–Crippen LogP) is 0.202. The fourth-order valence-electron chi connectivity index (χ4n) is 3.10. The van der Waals surface area contributed by atoms with Crippen LogP contribution in [0.15, 0.2) is 0 Å². The van der Waals surface area contributed by atoms with Crippen molar-refractivity contribution in [3.05, 3.63) is 0 Å². The van der Waals surface area contributed by atoms with Crippen LogP contribution in [0.2, 0.25) is 0 Å². The summed E-state index contributed by atoms with van der Waals surface area (Å²) in [4.78, 5) is 13.8. The van der Waals surface area contributed by atoms with E-state index >= 15 is 0 Å². The average Bonchev–Trinajstić information content (AvgIpc) is 2.91. The van der Waals surface area contributed by atoms with Gasteiger partial charge in [-0.2, -0.15) is 0 Å². The van der Waals surface area contributed by atoms with E-state index in [2.05, 4.69) is 4.90 Å². The molecule has 2 N–H and O–H groups in total. The zero-order valence-corrected chi connectivity index (χ0v) is 7.78. The molecular weight excluding hydrogens is 164 g/mol. The Morgan fingerprint density at radius 1 is 1.46 bits per heavy atom. The van der Waals surface area contributed by atoms with E-state index < -0.39 is 0 Å². The first kappa shape index (κ1) is 7.80. The molecular formula is C10H16N2O. The molecule has 3 heteroatoms. The van der Waals surface area contributed by atoms with Crippen LogP contribution in [0.4, 0.5) is 0 Å². The van der Waals surface area contributed by atoms with Crippen LogP contribution < -0.4 is 5.73 Å². The largest absolute Gasteiger partial charge is 0.339 e. The molecule has 0 aromatic carbocycles. The van der Waals surface area contributed by atoms with Crippen molar-refractivity contribution >= 4 is 5.91 Å². The van der Waals surface area contributed by atoms with Crippen molar-refractivity contribution in [1.82, 2.24) is 4.90 Å². The van der Waals surface area contributed by atoms with E-state index in [9.17, 15) is 4.79 Å². The van der Waals surface area contributed by atoms with Crippen LogP contribution in [0.25, 0.3) is 0 Å². The molecule has 2 heterocycles. The van der Waals surface area contributed by atoms with Crippen molar-refractivity contribution in [2.45, 2.75) is 25.3 Å². The molecule has 3 fully saturated rings. The minimum Gasteiger partial charge on any atom is -0.339 e. The minimum absolute atomic E-state index is 0.418. The summed E-state index contributed by atoms with van der Waals surface area (Å²) in [5.41, 5.74) is 5.68. The second-order valence-electron chi connectivity index (χ2n) is 4.73. The van der Waals surface area contributed by atoms with Crippen LogP contribution in [0.1, 0.15) is 19.3 Å². The monoisotopic (exact) mass is 180 g/mol. The number of nitrogens with two attached hydrogens (primary N) is 1. The Hall–Kier alpha value is -0.570. The highest BCUT2D eigenvalue weighted by Crippen LogP contribution is 2.53. The van der Waals surface area contributed by atoms with Crippen LogP contribution in [0, 0.1) is 17.8 Å². The van der Waals surface area contributed by atoms with Gasteiger partial charge in [-0.1, -0.05) is 0 Å². The number of carbonyl (C=O) groups is 1. The van der Waals surface area contributed by atoms with Gasteiger partial charge in [-0.25, -0.2) is 0 Å². The fourth-order valence-corrected chi connectivity index (χ4v) is 3.10. The molecule has 72 valence electrons. The summed E-state index contributed by atoms with van der Waals surface area (Å²) in [6.07, 6.45) is 3.46. The van der Waals surface area contributed by atoms with Crippen LogP contribution in [0.3, 0.4) is 0 Å². The quantitative estimate of drug-likeness (QED) is 0.626. The number of carbonyl (C=O) groups excluding carboxylic acids is 1. The van der Waals surface area contributed by atoms with E-state index in [0.29, 0.717) is 29.7 Å². The standard InChI is InChI=1S/C10H16N2O/c11-5-6-1-2-12-9(3-6)7-4-8(7)10(12)13/h6-9H,1-5,11H2/t6?,7-,8+,9?/m1/s1. The number of rotatable bonds is 1. The van der Waals surface area contributed by atoms with Crippen LogP contribution >= 0.6 is 0 Å². The van der Waals surface area contributed by atoms with Gasteiger partial charge >= 0.3 is 0 Å². The maximum absolute atomic E-state index is 11.7. The maximum Gasteiger partial charge on any atom is 0.226 e. The number of hydrogen-bond donors (Lipinski definition) is 1. The summed E-state index contributed by atoms with van der Waals surface area (Å²) in [6, 6.07) is 0.569. The van der Waals surface area contributed by atoms with E-state index in [1.54, 1.807) is 0 Å². The van der Waals surface area contributed by atoms with Gasteiger partial charge in [-0.3, -0.25) is 4.79 Å². The molecule has 3 rings (SSSR count). The first-order valence-electron chi connectivity index (χ1n) is 5.32. The van der Waals surface area contributed by atoms with E-state index in [1.165, 1.54) is 6.42 Å². The summed E-state index contributed by atoms with van der Waals surface area (Å²) in [6.45, 7) is 1.77. The third kappa shape index (κ3) is 0.966. The second kappa shape index (κ2) is 2.47. The van der Waals surface area contributed by atoms with Crippen molar-refractivity contribution in [3.63, 3.8) is 0 Å². The smallest absolute Gasteiger partial charge is 0.226 e. The number of piperidine rings is 2. The lowest BCUT2D eigenvalue weighted by Gasteiger charge is -2.36. The summed E-state index contributed by atoms with van der Waals surface area (Å²) >= 11 is 0. The topological polar surface area (TPSA) is 46.3 Å². The van der Waals surface area contributed by atoms with Gasteiger partial charge in [0.15, 0.2) is 0 Å². The average molecular weight is 180 g/mol. The van der Waals surface area contributed by atoms with E-state index in [-0.39, 0.29) is 0 Å². The molecule has 1 aliphatic carbocycles. The number of amides is 1. The Morgan fingerprint density at radius 3 is 3.08 bits per heavy atom. The summed E-state index contributed by atoms with van der Waals surface area (Å²) < 4.78 is 0. The molecule has 0 radical (unpaired) electrons. The Bertz CT molecular complexity index is 253. The molecule has 0 bridgehead atoms. The van der Waals surface area contributed by atoms with Gasteiger partial charge in [0.05, 0.1) is 0 Å². The van der Waals surface area contributed by atoms with Gasteiger partial charge in [0.25, 0.3) is 0 Å². The van der Waals surface area contributed by atoms with Gasteiger partial charge in [-0.05, 0) is 37.6 Å². The second-order valence-corrected chi connectivity index (χ2v) is 4.73. The normalized spacial score (nSPS) is 47.5. The lowest BCUT2D eigenvalue weighted by molar-refractivity contribution is -0.133. The molecule has 1 amide bonds. The lowest BCUT2D eigenvalue weighted by atomic mass is 9.90. The van der Waals surface area contributed by atoms with E-state index in [4.69, 9.17) is 5.73 Å². The molecule has 3 nitrogen and oxygen atoms in total. The van der Waals surface area contributed by atoms with Crippen molar-refractivity contribution in [3.8, 4) is 0 Å². The Labute approximate surface area is 78.3 Å². The highest BCUT2D eigenvalue weighted by atomic mass is 16.2. The zero-order chi connectivity index (χ0) is 9.00. The van der Waals surface area contributed by atoms with Gasteiger partial charge in [0.1, 0.15) is 0 Å². The molecule has 2 saturated heterocycles. The van der Waals surface area contributed by atoms with E-state index in [0.717, 1.165) is 25.9 Å². The van der Waals surface area contributed by atoms with Crippen LogP contribution in [-0.4, -0.2) is 29.9 Å². The van der Waals surface area contributed by atoms with Crippen LogP contribution in [-0.2, 0) is 4.79 Å². The summed E-state index contributed by atoms with van der Waals surface area (Å²) in [5.74, 6) is 2.24. The third-order valence-electron chi connectivity index (χ3n) is 4.02. The predicted molar refractivity (Wildman–Crippen MR) is 48.9 cm³/mol. The Kier molecular flexibility index (Phi) is 1.48. The summed E-state index contributed by atoms with van der Waals surface area (Å²) in [5, 5.41) is 0. The van der Waals surface area contributed by atoms with Crippen molar-refractivity contribution in [1.29, 1.82) is 0 Å². The molecule has 2 unspecified atom stereocenters. The molecule has 13 heavy (non-hydrogen) atoms. The highest BCUT2D eigenvalue weighted by Gasteiger charge is 2.59. The van der Waals surface area contributed by atoms with Crippen molar-refractivity contribution < 1.29 is 4.79 Å². The SMILES string of the molecule is NCC1CCN2C(=O)[C@H]3C[C@H]3C2C1. The maximum atomic E-state index is 11.7. The highest BCUT2D eigenvalue weighted by molar-refractivity contribution is 5.85. The van der Waals surface area contributed by atoms with E-state index in [1.807, 2.05) is 0 Å². The van der Waals surface area contributed by atoms with Gasteiger partial charge in [0.2, 0.25) is 5.91 Å². The van der Waals surface area contributed by atoms with Crippen molar-refractivity contribution in [2.75, 3.05) is 13.1 Å². The van der Waals surface area contributed by atoms with Gasteiger partial charge in [-0.15, -0.1) is 0 Å². The minimum atomic E-state index is 0.418. The molecule has 3 aliphatic rings. The first-order valence-corrected chi connectivity index (χ1v) is 5.32. The number of hydrogen-bond acceptors (Lipinski definition) is 2. The molecule has 0 spiro atoms. The van der Waals surface area contributed by atoms with Crippen LogP contribution in [0.5, 0.6) is 0 Å².